The van der Waals surface area contributed by atoms with Crippen molar-refractivity contribution in [1.82, 2.24) is 10.2 Å². The van der Waals surface area contributed by atoms with E-state index >= 15 is 0 Å². The lowest BCUT2D eigenvalue weighted by Crippen LogP contribution is -2.60. The average Bonchev–Trinajstić information content (AvgIpc) is 3.14. The van der Waals surface area contributed by atoms with Gasteiger partial charge in [0.25, 0.3) is 0 Å². The highest BCUT2D eigenvalue weighted by Gasteiger charge is 2.51. The molecule has 1 unspecified atom stereocenters. The minimum atomic E-state index is -0.719. The molecule has 2 saturated carbocycles. The van der Waals surface area contributed by atoms with E-state index in [-0.39, 0.29) is 0 Å². The Kier molecular flexibility index (Phi) is 5.44. The van der Waals surface area contributed by atoms with Crippen LogP contribution in [-0.2, 0) is 4.79 Å². The third-order valence-electron chi connectivity index (χ3n) is 4.91. The first-order valence-electron chi connectivity index (χ1n) is 8.25. The molecule has 0 aliphatic heterocycles. The van der Waals surface area contributed by atoms with Gasteiger partial charge in [0.2, 0.25) is 0 Å². The maximum Gasteiger partial charge on any atom is 0.325 e. The van der Waals surface area contributed by atoms with Crippen molar-refractivity contribution in [2.45, 2.75) is 57.4 Å². The number of nitrogens with one attached hydrogen (secondary N) is 1. The van der Waals surface area contributed by atoms with Gasteiger partial charge in [-0.1, -0.05) is 19.8 Å². The van der Waals surface area contributed by atoms with Gasteiger partial charge in [0.05, 0.1) is 0 Å². The van der Waals surface area contributed by atoms with E-state index in [1.165, 1.54) is 25.7 Å². The number of nitrogens with zero attached hydrogens (tertiary/aromatic N) is 1. The molecule has 4 nitrogen and oxygen atoms in total. The van der Waals surface area contributed by atoms with Crippen LogP contribution in [0.3, 0.4) is 0 Å². The Bertz CT molecular complexity index is 324. The molecule has 116 valence electrons. The second-order valence-corrected chi connectivity index (χ2v) is 6.82. The summed E-state index contributed by atoms with van der Waals surface area (Å²) >= 11 is 0. The molecular formula is C16H30N2O2. The Hall–Kier alpha value is -0.610. The summed E-state index contributed by atoms with van der Waals surface area (Å²) in [6.45, 7) is 4.58. The van der Waals surface area contributed by atoms with Gasteiger partial charge in [0.1, 0.15) is 5.54 Å². The molecule has 20 heavy (non-hydrogen) atoms. The van der Waals surface area contributed by atoms with Gasteiger partial charge in [0.15, 0.2) is 0 Å². The first-order valence-corrected chi connectivity index (χ1v) is 8.25. The van der Waals surface area contributed by atoms with Gasteiger partial charge in [-0.05, 0) is 57.5 Å². The van der Waals surface area contributed by atoms with Crippen LogP contribution in [0.4, 0.5) is 0 Å². The Morgan fingerprint density at radius 1 is 1.30 bits per heavy atom. The quantitative estimate of drug-likeness (QED) is 0.681. The number of hydrogen-bond acceptors (Lipinski definition) is 3. The molecule has 0 amide bonds. The van der Waals surface area contributed by atoms with Gasteiger partial charge in [-0.15, -0.1) is 0 Å². The van der Waals surface area contributed by atoms with Crippen molar-refractivity contribution in [1.29, 1.82) is 0 Å². The predicted molar refractivity (Wildman–Crippen MR) is 80.8 cm³/mol. The van der Waals surface area contributed by atoms with Crippen LogP contribution in [0, 0.1) is 11.8 Å². The predicted octanol–water partition coefficient (Wildman–Crippen LogP) is 2.34. The normalized spacial score (nSPS) is 23.1. The monoisotopic (exact) mass is 282 g/mol. The molecule has 0 spiro atoms. The van der Waals surface area contributed by atoms with Gasteiger partial charge in [-0.3, -0.25) is 4.79 Å². The molecule has 2 rings (SSSR count). The number of aliphatic carboxylic acids is 1. The lowest BCUT2D eigenvalue weighted by Gasteiger charge is -2.35. The summed E-state index contributed by atoms with van der Waals surface area (Å²) in [5.74, 6) is 0.432. The molecule has 1 atom stereocenters. The van der Waals surface area contributed by atoms with Crippen molar-refractivity contribution in [3.63, 3.8) is 0 Å². The number of hydrogen-bond donors (Lipinski definition) is 2. The van der Waals surface area contributed by atoms with Crippen molar-refractivity contribution < 1.29 is 9.90 Å². The fraction of sp³-hybridized carbons (Fsp3) is 0.938. The van der Waals surface area contributed by atoms with E-state index in [1.807, 2.05) is 0 Å². The van der Waals surface area contributed by atoms with E-state index < -0.39 is 11.5 Å². The largest absolute Gasteiger partial charge is 0.480 e. The van der Waals surface area contributed by atoms with Crippen LogP contribution in [0.2, 0.25) is 0 Å². The van der Waals surface area contributed by atoms with Gasteiger partial charge >= 0.3 is 5.97 Å². The molecule has 0 bridgehead atoms. The topological polar surface area (TPSA) is 52.6 Å². The minimum Gasteiger partial charge on any atom is -0.480 e. The van der Waals surface area contributed by atoms with E-state index in [4.69, 9.17) is 0 Å². The van der Waals surface area contributed by atoms with Crippen molar-refractivity contribution in [3.8, 4) is 0 Å². The van der Waals surface area contributed by atoms with Crippen LogP contribution in [0.5, 0.6) is 0 Å². The smallest absolute Gasteiger partial charge is 0.325 e. The SMILES string of the molecule is CCCNC(CN(C)CC1CCCC1)(C(=O)O)C1CC1. The summed E-state index contributed by atoms with van der Waals surface area (Å²) in [6, 6.07) is 0. The lowest BCUT2D eigenvalue weighted by atomic mass is 9.91. The maximum absolute atomic E-state index is 11.9. The van der Waals surface area contributed by atoms with Crippen molar-refractivity contribution in [2.75, 3.05) is 26.7 Å². The summed E-state index contributed by atoms with van der Waals surface area (Å²) in [5.41, 5.74) is -0.719. The number of carboxylic acid groups (broad SMARTS) is 1. The van der Waals surface area contributed by atoms with Crippen LogP contribution >= 0.6 is 0 Å². The van der Waals surface area contributed by atoms with Crippen LogP contribution in [0.1, 0.15) is 51.9 Å². The summed E-state index contributed by atoms with van der Waals surface area (Å²) in [4.78, 5) is 14.1. The van der Waals surface area contributed by atoms with Crippen LogP contribution in [0.15, 0.2) is 0 Å². The van der Waals surface area contributed by atoms with Gasteiger partial charge in [-0.25, -0.2) is 0 Å². The van der Waals surface area contributed by atoms with Crippen LogP contribution in [0.25, 0.3) is 0 Å². The van der Waals surface area contributed by atoms with Crippen molar-refractivity contribution >= 4 is 5.97 Å². The fourth-order valence-corrected chi connectivity index (χ4v) is 3.70. The number of carbonyl (C=O) groups is 1. The molecule has 4 heteroatoms. The zero-order chi connectivity index (χ0) is 14.6. The highest BCUT2D eigenvalue weighted by molar-refractivity contribution is 5.80. The molecule has 0 saturated heterocycles. The first-order chi connectivity index (χ1) is 9.58. The van der Waals surface area contributed by atoms with Gasteiger partial charge in [0, 0.05) is 13.1 Å². The zero-order valence-corrected chi connectivity index (χ0v) is 13.0. The van der Waals surface area contributed by atoms with Gasteiger partial charge < -0.3 is 15.3 Å². The molecule has 0 radical (unpaired) electrons. The number of rotatable bonds is 9. The third-order valence-corrected chi connectivity index (χ3v) is 4.91. The summed E-state index contributed by atoms with van der Waals surface area (Å²) < 4.78 is 0. The number of likely N-dealkylation sites (N-methyl/N-ethyl adjacent to an activating group) is 1. The molecule has 2 fully saturated rings. The number of carboxylic acids is 1. The average molecular weight is 282 g/mol. The molecule has 0 aromatic carbocycles. The Morgan fingerprint density at radius 3 is 2.45 bits per heavy atom. The second-order valence-electron chi connectivity index (χ2n) is 6.82. The van der Waals surface area contributed by atoms with Crippen LogP contribution in [-0.4, -0.2) is 48.2 Å². The lowest BCUT2D eigenvalue weighted by molar-refractivity contribution is -0.147. The summed E-state index contributed by atoms with van der Waals surface area (Å²) in [6.07, 6.45) is 8.42. The molecular weight excluding hydrogens is 252 g/mol. The van der Waals surface area contributed by atoms with E-state index in [0.717, 1.165) is 38.3 Å². The second kappa shape index (κ2) is 6.90. The van der Waals surface area contributed by atoms with E-state index in [9.17, 15) is 9.90 Å². The molecule has 2 N–H and O–H groups in total. The highest BCUT2D eigenvalue weighted by Crippen LogP contribution is 2.40. The van der Waals surface area contributed by atoms with Crippen molar-refractivity contribution in [3.05, 3.63) is 0 Å². The maximum atomic E-state index is 11.9. The summed E-state index contributed by atoms with van der Waals surface area (Å²) in [5, 5.41) is 13.1. The van der Waals surface area contributed by atoms with E-state index in [0.29, 0.717) is 12.5 Å². The Balaban J connectivity index is 1.96. The molecule has 0 aromatic heterocycles. The summed E-state index contributed by atoms with van der Waals surface area (Å²) in [7, 11) is 2.09. The van der Waals surface area contributed by atoms with E-state index in [1.54, 1.807) is 0 Å². The molecule has 2 aliphatic carbocycles. The third kappa shape index (κ3) is 3.73. The van der Waals surface area contributed by atoms with Crippen molar-refractivity contribution in [2.24, 2.45) is 11.8 Å². The zero-order valence-electron chi connectivity index (χ0n) is 13.0. The Morgan fingerprint density at radius 2 is 1.95 bits per heavy atom. The standard InChI is InChI=1S/C16H30N2O2/c1-3-10-17-16(15(19)20,14-8-9-14)12-18(2)11-13-6-4-5-7-13/h13-14,17H,3-12H2,1-2H3,(H,19,20). The Labute approximate surface area is 122 Å². The first kappa shape index (κ1) is 15.8. The molecule has 0 aromatic rings. The van der Waals surface area contributed by atoms with E-state index in [2.05, 4.69) is 24.2 Å². The highest BCUT2D eigenvalue weighted by atomic mass is 16.4. The van der Waals surface area contributed by atoms with Gasteiger partial charge in [-0.2, -0.15) is 0 Å². The fourth-order valence-electron chi connectivity index (χ4n) is 3.70. The minimum absolute atomic E-state index is 0.317. The molecule has 0 heterocycles. The van der Waals surface area contributed by atoms with Crippen LogP contribution < -0.4 is 5.32 Å². The molecule has 2 aliphatic rings.